The molecule has 1 fully saturated rings. The quantitative estimate of drug-likeness (QED) is 0.292. The summed E-state index contributed by atoms with van der Waals surface area (Å²) in [6.07, 6.45) is 0. The Bertz CT molecular complexity index is 1180. The van der Waals surface area contributed by atoms with Gasteiger partial charge in [0.25, 0.3) is 5.69 Å². The first-order valence-electron chi connectivity index (χ1n) is 10.6. The third kappa shape index (κ3) is 5.29. The average Bonchev–Trinajstić information content (AvgIpc) is 3.28. The van der Waals surface area contributed by atoms with E-state index < -0.39 is 10.8 Å². The van der Waals surface area contributed by atoms with Gasteiger partial charge in [0, 0.05) is 13.1 Å². The van der Waals surface area contributed by atoms with Crippen LogP contribution >= 0.6 is 11.8 Å². The summed E-state index contributed by atoms with van der Waals surface area (Å²) in [4.78, 5) is 25.6. The molecule has 1 aromatic heterocycles. The Labute approximate surface area is 200 Å². The smallest absolute Gasteiger partial charge is 0.296 e. The average molecular weight is 485 g/mol. The largest absolute Gasteiger partial charge is 0.496 e. The molecule has 0 aliphatic carbocycles. The summed E-state index contributed by atoms with van der Waals surface area (Å²) < 4.78 is 12.4. The van der Waals surface area contributed by atoms with Crippen LogP contribution in [0.1, 0.15) is 5.56 Å². The van der Waals surface area contributed by atoms with Gasteiger partial charge in [0.05, 0.1) is 42.8 Å². The van der Waals surface area contributed by atoms with E-state index in [0.29, 0.717) is 43.2 Å². The summed E-state index contributed by atoms with van der Waals surface area (Å²) in [5, 5.41) is 23.3. The molecule has 0 spiro atoms. The predicted octanol–water partition coefficient (Wildman–Crippen LogP) is 3.06. The molecule has 178 valence electrons. The molecular weight excluding hydrogens is 460 g/mol. The fourth-order valence-corrected chi connectivity index (χ4v) is 4.20. The molecule has 12 heteroatoms. The summed E-state index contributed by atoms with van der Waals surface area (Å²) in [7, 11) is 1.42. The Morgan fingerprint density at radius 1 is 1.21 bits per heavy atom. The number of carbonyl (C=O) groups is 1. The summed E-state index contributed by atoms with van der Waals surface area (Å²) in [5.74, 6) is 0.613. The lowest BCUT2D eigenvalue weighted by Gasteiger charge is -2.27. The third-order valence-corrected chi connectivity index (χ3v) is 6.14. The molecule has 0 bridgehead atoms. The maximum Gasteiger partial charge on any atom is 0.296 e. The molecule has 0 unspecified atom stereocenters. The van der Waals surface area contributed by atoms with Gasteiger partial charge in [-0.15, -0.1) is 10.2 Å². The van der Waals surface area contributed by atoms with Crippen molar-refractivity contribution in [1.29, 1.82) is 0 Å². The molecule has 2 aromatic carbocycles. The molecule has 1 aliphatic heterocycles. The molecule has 1 N–H and O–H groups in total. The van der Waals surface area contributed by atoms with Crippen molar-refractivity contribution in [3.8, 4) is 11.4 Å². The van der Waals surface area contributed by atoms with Gasteiger partial charge < -0.3 is 19.7 Å². The van der Waals surface area contributed by atoms with Crippen molar-refractivity contribution >= 4 is 35.0 Å². The third-order valence-electron chi connectivity index (χ3n) is 5.21. The summed E-state index contributed by atoms with van der Waals surface area (Å²) in [5.41, 5.74) is 1.87. The van der Waals surface area contributed by atoms with E-state index in [1.54, 1.807) is 6.07 Å². The SMILES string of the molecule is COc1ccc(NC(=O)CSc2nnc(N3CCOCC3)n2-c2ccc(C)cc2)c([N+](=O)[O-])c1. The lowest BCUT2D eigenvalue weighted by atomic mass is 10.2. The number of carbonyl (C=O) groups excluding carboxylic acids is 1. The van der Waals surface area contributed by atoms with E-state index in [4.69, 9.17) is 9.47 Å². The number of benzene rings is 2. The van der Waals surface area contributed by atoms with Crippen LogP contribution in [-0.2, 0) is 9.53 Å². The Morgan fingerprint density at radius 3 is 2.62 bits per heavy atom. The number of nitrogens with zero attached hydrogens (tertiary/aromatic N) is 5. The number of aromatic nitrogens is 3. The lowest BCUT2D eigenvalue weighted by molar-refractivity contribution is -0.384. The van der Waals surface area contributed by atoms with Crippen LogP contribution < -0.4 is 15.0 Å². The Balaban J connectivity index is 1.54. The van der Waals surface area contributed by atoms with Crippen molar-refractivity contribution < 1.29 is 19.2 Å². The molecule has 0 atom stereocenters. The maximum atomic E-state index is 12.6. The first kappa shape index (κ1) is 23.5. The highest BCUT2D eigenvalue weighted by atomic mass is 32.2. The highest BCUT2D eigenvalue weighted by molar-refractivity contribution is 7.99. The molecule has 0 saturated carbocycles. The van der Waals surface area contributed by atoms with Crippen LogP contribution in [0, 0.1) is 17.0 Å². The minimum atomic E-state index is -0.562. The molecule has 1 saturated heterocycles. The highest BCUT2D eigenvalue weighted by Crippen LogP contribution is 2.30. The van der Waals surface area contributed by atoms with Gasteiger partial charge in [-0.3, -0.25) is 19.5 Å². The van der Waals surface area contributed by atoms with E-state index in [-0.39, 0.29) is 17.1 Å². The number of rotatable bonds is 8. The fraction of sp³-hybridized carbons (Fsp3) is 0.318. The van der Waals surface area contributed by atoms with E-state index in [0.717, 1.165) is 11.3 Å². The first-order chi connectivity index (χ1) is 16.5. The topological polar surface area (TPSA) is 125 Å². The van der Waals surface area contributed by atoms with Crippen LogP contribution in [0.25, 0.3) is 5.69 Å². The lowest BCUT2D eigenvalue weighted by Crippen LogP contribution is -2.37. The van der Waals surface area contributed by atoms with Crippen molar-refractivity contribution in [2.24, 2.45) is 0 Å². The molecule has 0 radical (unpaired) electrons. The number of ether oxygens (including phenoxy) is 2. The maximum absolute atomic E-state index is 12.6. The number of nitro groups is 1. The van der Waals surface area contributed by atoms with Gasteiger partial charge in [0.1, 0.15) is 11.4 Å². The second kappa shape index (κ2) is 10.5. The van der Waals surface area contributed by atoms with Crippen LogP contribution in [-0.4, -0.2) is 64.8 Å². The van der Waals surface area contributed by atoms with Crippen molar-refractivity contribution in [2.75, 3.05) is 49.4 Å². The summed E-state index contributed by atoms with van der Waals surface area (Å²) in [6.45, 7) is 4.60. The molecule has 4 rings (SSSR count). The van der Waals surface area contributed by atoms with Gasteiger partial charge in [0.2, 0.25) is 11.9 Å². The van der Waals surface area contributed by atoms with Crippen LogP contribution in [0.15, 0.2) is 47.6 Å². The standard InChI is InChI=1S/C22H24N6O5S/c1-15-3-5-16(6-4-15)27-21(26-9-11-33-12-10-26)24-25-22(27)34-14-20(29)23-18-8-7-17(32-2)13-19(18)28(30)31/h3-8,13H,9-12,14H2,1-2H3,(H,23,29). The zero-order valence-corrected chi connectivity index (χ0v) is 19.6. The molecule has 1 aliphatic rings. The number of aryl methyl sites for hydroxylation is 1. The van der Waals surface area contributed by atoms with E-state index in [1.165, 1.54) is 31.0 Å². The van der Waals surface area contributed by atoms with Gasteiger partial charge in [-0.2, -0.15) is 0 Å². The Kier molecular flexibility index (Phi) is 7.28. The monoisotopic (exact) mass is 484 g/mol. The van der Waals surface area contributed by atoms with E-state index in [2.05, 4.69) is 20.4 Å². The van der Waals surface area contributed by atoms with E-state index >= 15 is 0 Å². The van der Waals surface area contributed by atoms with Gasteiger partial charge >= 0.3 is 0 Å². The number of hydrogen-bond donors (Lipinski definition) is 1. The molecule has 11 nitrogen and oxygen atoms in total. The fourth-order valence-electron chi connectivity index (χ4n) is 3.46. The zero-order valence-electron chi connectivity index (χ0n) is 18.8. The first-order valence-corrected chi connectivity index (χ1v) is 11.5. The number of morpholine rings is 1. The molecule has 34 heavy (non-hydrogen) atoms. The van der Waals surface area contributed by atoms with Crippen molar-refractivity contribution in [1.82, 2.24) is 14.8 Å². The van der Waals surface area contributed by atoms with Crippen LogP contribution in [0.3, 0.4) is 0 Å². The molecule has 3 aromatic rings. The van der Waals surface area contributed by atoms with Crippen molar-refractivity contribution in [2.45, 2.75) is 12.1 Å². The second-order valence-electron chi connectivity index (χ2n) is 7.53. The van der Waals surface area contributed by atoms with Crippen LogP contribution in [0.4, 0.5) is 17.3 Å². The van der Waals surface area contributed by atoms with Crippen molar-refractivity contribution in [3.63, 3.8) is 0 Å². The second-order valence-corrected chi connectivity index (χ2v) is 8.47. The molecule has 2 heterocycles. The van der Waals surface area contributed by atoms with Crippen molar-refractivity contribution in [3.05, 3.63) is 58.1 Å². The van der Waals surface area contributed by atoms with Gasteiger partial charge in [-0.05, 0) is 31.2 Å². The van der Waals surface area contributed by atoms with Crippen LogP contribution in [0.5, 0.6) is 5.75 Å². The number of thioether (sulfide) groups is 1. The molecule has 1 amide bonds. The number of nitrogens with one attached hydrogen (secondary N) is 1. The van der Waals surface area contributed by atoms with Gasteiger partial charge in [-0.25, -0.2) is 0 Å². The van der Waals surface area contributed by atoms with E-state index in [1.807, 2.05) is 35.8 Å². The normalized spacial score (nSPS) is 13.5. The number of methoxy groups -OCH3 is 1. The predicted molar refractivity (Wildman–Crippen MR) is 128 cm³/mol. The van der Waals surface area contributed by atoms with Gasteiger partial charge in [0.15, 0.2) is 5.16 Å². The Hall–Kier alpha value is -3.64. The minimum absolute atomic E-state index is 0.00368. The number of hydrogen-bond acceptors (Lipinski definition) is 9. The number of nitro benzene ring substituents is 1. The van der Waals surface area contributed by atoms with E-state index in [9.17, 15) is 14.9 Å². The number of amides is 1. The summed E-state index contributed by atoms with van der Waals surface area (Å²) in [6, 6.07) is 12.2. The molecular formula is C22H24N6O5S. The number of anilines is 2. The van der Waals surface area contributed by atoms with Gasteiger partial charge in [-0.1, -0.05) is 29.5 Å². The zero-order chi connectivity index (χ0) is 24.1. The summed E-state index contributed by atoms with van der Waals surface area (Å²) >= 11 is 1.21. The van der Waals surface area contributed by atoms with Crippen LogP contribution in [0.2, 0.25) is 0 Å². The highest BCUT2D eigenvalue weighted by Gasteiger charge is 2.23. The minimum Gasteiger partial charge on any atom is -0.496 e. The Morgan fingerprint density at radius 2 is 1.94 bits per heavy atom.